The number of carbonyl (C=O) groups excluding carboxylic acids is 1. The molecule has 0 saturated heterocycles. The molecule has 1 aromatic carbocycles. The van der Waals surface area contributed by atoms with Crippen LogP contribution in [0.5, 0.6) is 0 Å². The minimum Gasteiger partial charge on any atom is -0.326 e. The first-order valence-corrected chi connectivity index (χ1v) is 8.00. The van der Waals surface area contributed by atoms with E-state index in [2.05, 4.69) is 10.3 Å². The van der Waals surface area contributed by atoms with E-state index in [0.717, 1.165) is 15.8 Å². The number of H-pyrrole nitrogens is 1. The Morgan fingerprint density at radius 1 is 1.26 bits per heavy atom. The van der Waals surface area contributed by atoms with Crippen LogP contribution in [0, 0.1) is 6.92 Å². The molecule has 0 bridgehead atoms. The number of rotatable bonds is 4. The molecule has 1 amide bonds. The van der Waals surface area contributed by atoms with Gasteiger partial charge in [0.25, 0.3) is 5.56 Å². The van der Waals surface area contributed by atoms with E-state index in [0.29, 0.717) is 10.2 Å². The number of anilines is 1. The van der Waals surface area contributed by atoms with E-state index < -0.39 is 5.69 Å². The zero-order chi connectivity index (χ0) is 16.4. The van der Waals surface area contributed by atoms with E-state index >= 15 is 0 Å². The predicted octanol–water partition coefficient (Wildman–Crippen LogP) is 2.09. The Bertz CT molecular complexity index is 984. The molecule has 0 saturated carbocycles. The van der Waals surface area contributed by atoms with Gasteiger partial charge in [0.1, 0.15) is 4.70 Å². The second-order valence-corrected chi connectivity index (χ2v) is 6.08. The standard InChI is InChI=1S/C16H15N3O3S/c1-10-4-2-3-5-11(10)17-13(20)6-8-19-15(21)14-12(7-9-23-14)18-16(19)22/h2-5,7,9H,6,8H2,1H3,(H,17,20)(H,18,22). The minimum absolute atomic E-state index is 0.0414. The highest BCUT2D eigenvalue weighted by atomic mass is 32.1. The predicted molar refractivity (Wildman–Crippen MR) is 91.1 cm³/mol. The minimum atomic E-state index is -0.496. The lowest BCUT2D eigenvalue weighted by molar-refractivity contribution is -0.116. The zero-order valence-electron chi connectivity index (χ0n) is 12.5. The molecule has 0 atom stereocenters. The third-order valence-electron chi connectivity index (χ3n) is 3.57. The fourth-order valence-corrected chi connectivity index (χ4v) is 3.11. The molecule has 3 aromatic rings. The van der Waals surface area contributed by atoms with Gasteiger partial charge in [-0.2, -0.15) is 0 Å². The Kier molecular flexibility index (Phi) is 4.12. The van der Waals surface area contributed by atoms with Crippen LogP contribution in [0.25, 0.3) is 10.2 Å². The third-order valence-corrected chi connectivity index (χ3v) is 4.48. The molecule has 0 spiro atoms. The Labute approximate surface area is 135 Å². The number of hydrogen-bond acceptors (Lipinski definition) is 4. The number of nitrogens with one attached hydrogen (secondary N) is 2. The Morgan fingerprint density at radius 3 is 2.83 bits per heavy atom. The summed E-state index contributed by atoms with van der Waals surface area (Å²) in [6.07, 6.45) is 0.0498. The Hall–Kier alpha value is -2.67. The van der Waals surface area contributed by atoms with Gasteiger partial charge in [0, 0.05) is 18.7 Å². The maximum absolute atomic E-state index is 12.3. The molecule has 0 radical (unpaired) electrons. The van der Waals surface area contributed by atoms with E-state index in [1.165, 1.54) is 11.3 Å². The first kappa shape index (κ1) is 15.2. The Balaban J connectivity index is 1.76. The van der Waals surface area contributed by atoms with Gasteiger partial charge in [-0.15, -0.1) is 11.3 Å². The van der Waals surface area contributed by atoms with E-state index in [1.807, 2.05) is 31.2 Å². The lowest BCUT2D eigenvalue weighted by atomic mass is 10.2. The normalized spacial score (nSPS) is 10.8. The van der Waals surface area contributed by atoms with E-state index in [1.54, 1.807) is 11.4 Å². The molecule has 0 aliphatic carbocycles. The monoisotopic (exact) mass is 329 g/mol. The molecule has 0 unspecified atom stereocenters. The van der Waals surface area contributed by atoms with Crippen molar-refractivity contribution in [3.63, 3.8) is 0 Å². The van der Waals surface area contributed by atoms with Crippen molar-refractivity contribution in [2.24, 2.45) is 0 Å². The van der Waals surface area contributed by atoms with Crippen LogP contribution in [-0.4, -0.2) is 15.5 Å². The molecule has 0 aliphatic rings. The smallest absolute Gasteiger partial charge is 0.326 e. The van der Waals surface area contributed by atoms with E-state index in [4.69, 9.17) is 0 Å². The van der Waals surface area contributed by atoms with Gasteiger partial charge in [0.2, 0.25) is 5.91 Å². The number of thiophene rings is 1. The molecule has 118 valence electrons. The lowest BCUT2D eigenvalue weighted by Gasteiger charge is -2.08. The van der Waals surface area contributed by atoms with Crippen LogP contribution in [0.2, 0.25) is 0 Å². The maximum Gasteiger partial charge on any atom is 0.328 e. The van der Waals surface area contributed by atoms with Gasteiger partial charge in [0.05, 0.1) is 5.52 Å². The SMILES string of the molecule is Cc1ccccc1NC(=O)CCn1c(=O)[nH]c2ccsc2c1=O. The van der Waals surface area contributed by atoms with Crippen LogP contribution in [0.15, 0.2) is 45.3 Å². The zero-order valence-corrected chi connectivity index (χ0v) is 13.3. The van der Waals surface area contributed by atoms with Crippen LogP contribution >= 0.6 is 11.3 Å². The summed E-state index contributed by atoms with van der Waals surface area (Å²) >= 11 is 1.27. The topological polar surface area (TPSA) is 84.0 Å². The van der Waals surface area contributed by atoms with E-state index in [-0.39, 0.29) is 24.4 Å². The highest BCUT2D eigenvalue weighted by molar-refractivity contribution is 7.17. The summed E-state index contributed by atoms with van der Waals surface area (Å²) in [6.45, 7) is 1.94. The molecule has 23 heavy (non-hydrogen) atoms. The molecule has 2 heterocycles. The highest BCUT2D eigenvalue weighted by Gasteiger charge is 2.11. The van der Waals surface area contributed by atoms with Crippen molar-refractivity contribution in [1.82, 2.24) is 9.55 Å². The maximum atomic E-state index is 12.3. The average Bonchev–Trinajstić information content (AvgIpc) is 2.98. The number of aromatic nitrogens is 2. The number of benzene rings is 1. The molecule has 2 N–H and O–H groups in total. The van der Waals surface area contributed by atoms with Crippen LogP contribution in [0.4, 0.5) is 5.69 Å². The number of amides is 1. The summed E-state index contributed by atoms with van der Waals surface area (Å²) in [5.74, 6) is -0.239. The number of hydrogen-bond donors (Lipinski definition) is 2. The second-order valence-electron chi connectivity index (χ2n) is 5.16. The second kappa shape index (κ2) is 6.21. The fraction of sp³-hybridized carbons (Fsp3) is 0.188. The van der Waals surface area contributed by atoms with Crippen LogP contribution in [0.3, 0.4) is 0 Å². The molecular weight excluding hydrogens is 314 g/mol. The molecule has 2 aromatic heterocycles. The van der Waals surface area contributed by atoms with E-state index in [9.17, 15) is 14.4 Å². The van der Waals surface area contributed by atoms with Crippen molar-refractivity contribution in [2.45, 2.75) is 19.9 Å². The van der Waals surface area contributed by atoms with Gasteiger partial charge in [-0.1, -0.05) is 18.2 Å². The van der Waals surface area contributed by atoms with Crippen molar-refractivity contribution < 1.29 is 4.79 Å². The molecule has 6 nitrogen and oxygen atoms in total. The number of aromatic amines is 1. The van der Waals surface area contributed by atoms with Crippen molar-refractivity contribution in [3.8, 4) is 0 Å². The first-order valence-electron chi connectivity index (χ1n) is 7.12. The Morgan fingerprint density at radius 2 is 2.04 bits per heavy atom. The number of nitrogens with zero attached hydrogens (tertiary/aromatic N) is 1. The summed E-state index contributed by atoms with van der Waals surface area (Å²) in [5.41, 5.74) is 1.36. The average molecular weight is 329 g/mol. The number of aryl methyl sites for hydroxylation is 1. The third kappa shape index (κ3) is 3.09. The van der Waals surface area contributed by atoms with Crippen molar-refractivity contribution in [3.05, 3.63) is 62.1 Å². The van der Waals surface area contributed by atoms with Gasteiger partial charge in [-0.25, -0.2) is 4.79 Å². The number of fused-ring (bicyclic) bond motifs is 1. The highest BCUT2D eigenvalue weighted by Crippen LogP contribution is 2.14. The van der Waals surface area contributed by atoms with Crippen LogP contribution in [0.1, 0.15) is 12.0 Å². The molecule has 3 rings (SSSR count). The van der Waals surface area contributed by atoms with Crippen LogP contribution < -0.4 is 16.6 Å². The summed E-state index contributed by atoms with van der Waals surface area (Å²) in [6, 6.07) is 9.13. The van der Waals surface area contributed by atoms with Crippen molar-refractivity contribution in [1.29, 1.82) is 0 Å². The van der Waals surface area contributed by atoms with Crippen LogP contribution in [-0.2, 0) is 11.3 Å². The summed E-state index contributed by atoms with van der Waals surface area (Å²) in [4.78, 5) is 38.9. The van der Waals surface area contributed by atoms with Crippen molar-refractivity contribution in [2.75, 3.05) is 5.32 Å². The lowest BCUT2D eigenvalue weighted by Crippen LogP contribution is -2.35. The summed E-state index contributed by atoms with van der Waals surface area (Å²) in [5, 5.41) is 4.53. The van der Waals surface area contributed by atoms with Gasteiger partial charge in [-0.3, -0.25) is 14.2 Å². The van der Waals surface area contributed by atoms with Gasteiger partial charge < -0.3 is 10.3 Å². The summed E-state index contributed by atoms with van der Waals surface area (Å²) < 4.78 is 1.56. The van der Waals surface area contributed by atoms with Crippen molar-refractivity contribution >= 4 is 33.1 Å². The number of para-hydroxylation sites is 1. The van der Waals surface area contributed by atoms with Gasteiger partial charge in [0.15, 0.2) is 0 Å². The molecule has 0 aliphatic heterocycles. The largest absolute Gasteiger partial charge is 0.328 e. The van der Waals surface area contributed by atoms with Gasteiger partial charge in [-0.05, 0) is 30.0 Å². The molecule has 7 heteroatoms. The molecular formula is C16H15N3O3S. The number of carbonyl (C=O) groups is 1. The summed E-state index contributed by atoms with van der Waals surface area (Å²) in [7, 11) is 0. The fourth-order valence-electron chi connectivity index (χ4n) is 2.31. The quantitative estimate of drug-likeness (QED) is 0.769. The first-order chi connectivity index (χ1) is 11.1. The molecule has 0 fully saturated rings. The van der Waals surface area contributed by atoms with Gasteiger partial charge >= 0.3 is 5.69 Å².